The SMILES string of the molecule is CN(C)S(=O)(=O)N1CCN(C(=O)c2cccc(Nc3ncccn3)c2)CC1. The maximum Gasteiger partial charge on any atom is 0.281 e. The molecule has 1 fully saturated rings. The monoisotopic (exact) mass is 390 g/mol. The van der Waals surface area contributed by atoms with Crippen LogP contribution in [0.5, 0.6) is 0 Å². The van der Waals surface area contributed by atoms with E-state index in [1.54, 1.807) is 41.6 Å². The van der Waals surface area contributed by atoms with Crippen LogP contribution in [0.25, 0.3) is 0 Å². The minimum absolute atomic E-state index is 0.130. The Kier molecular flexibility index (Phi) is 5.68. The summed E-state index contributed by atoms with van der Waals surface area (Å²) in [5, 5.41) is 3.06. The zero-order valence-electron chi connectivity index (χ0n) is 15.2. The number of nitrogens with zero attached hydrogens (tertiary/aromatic N) is 5. The minimum atomic E-state index is -3.45. The fourth-order valence-corrected chi connectivity index (χ4v) is 3.84. The Labute approximate surface area is 158 Å². The third-order valence-electron chi connectivity index (χ3n) is 4.25. The maximum absolute atomic E-state index is 12.8. The van der Waals surface area contributed by atoms with Crippen molar-refractivity contribution in [2.75, 3.05) is 45.6 Å². The second kappa shape index (κ2) is 7.99. The molecule has 1 aromatic heterocycles. The summed E-state index contributed by atoms with van der Waals surface area (Å²) in [7, 11) is -0.447. The summed E-state index contributed by atoms with van der Waals surface area (Å²) in [5.74, 6) is 0.319. The van der Waals surface area contributed by atoms with Crippen molar-refractivity contribution in [3.05, 3.63) is 48.3 Å². The van der Waals surface area contributed by atoms with Crippen molar-refractivity contribution in [3.8, 4) is 0 Å². The Hall–Kier alpha value is -2.56. The molecule has 0 atom stereocenters. The van der Waals surface area contributed by atoms with Gasteiger partial charge in [-0.2, -0.15) is 17.0 Å². The number of anilines is 2. The lowest BCUT2D eigenvalue weighted by Crippen LogP contribution is -2.53. The van der Waals surface area contributed by atoms with Crippen molar-refractivity contribution in [1.29, 1.82) is 0 Å². The van der Waals surface area contributed by atoms with Crippen LogP contribution in [0, 0.1) is 0 Å². The zero-order chi connectivity index (χ0) is 19.4. The smallest absolute Gasteiger partial charge is 0.281 e. The summed E-state index contributed by atoms with van der Waals surface area (Å²) in [4.78, 5) is 22.6. The Balaban J connectivity index is 1.66. The van der Waals surface area contributed by atoms with E-state index in [1.807, 2.05) is 6.07 Å². The first-order valence-electron chi connectivity index (χ1n) is 8.49. The number of aromatic nitrogens is 2. The number of piperazine rings is 1. The fraction of sp³-hybridized carbons (Fsp3) is 0.353. The standard InChI is InChI=1S/C17H22N6O3S/c1-21(2)27(25,26)23-11-9-22(10-12-23)16(24)14-5-3-6-15(13-14)20-17-18-7-4-8-19-17/h3-8,13H,9-12H2,1-2H3,(H,18,19,20). The van der Waals surface area contributed by atoms with E-state index in [1.165, 1.54) is 22.7 Å². The summed E-state index contributed by atoms with van der Waals surface area (Å²) in [6.07, 6.45) is 3.26. The summed E-state index contributed by atoms with van der Waals surface area (Å²) >= 11 is 0. The molecule has 0 radical (unpaired) electrons. The summed E-state index contributed by atoms with van der Waals surface area (Å²) < 4.78 is 26.9. The van der Waals surface area contributed by atoms with Gasteiger partial charge in [-0.1, -0.05) is 6.07 Å². The molecule has 2 heterocycles. The van der Waals surface area contributed by atoms with Gasteiger partial charge in [-0.25, -0.2) is 9.97 Å². The van der Waals surface area contributed by atoms with E-state index in [4.69, 9.17) is 0 Å². The molecule has 10 heteroatoms. The molecule has 0 spiro atoms. The van der Waals surface area contributed by atoms with Crippen molar-refractivity contribution in [1.82, 2.24) is 23.5 Å². The molecule has 0 saturated carbocycles. The molecule has 3 rings (SSSR count). The molecule has 1 N–H and O–H groups in total. The zero-order valence-corrected chi connectivity index (χ0v) is 16.1. The molecule has 27 heavy (non-hydrogen) atoms. The average molecular weight is 390 g/mol. The number of carbonyl (C=O) groups excluding carboxylic acids is 1. The van der Waals surface area contributed by atoms with Gasteiger partial charge in [0.25, 0.3) is 16.1 Å². The molecule has 1 amide bonds. The quantitative estimate of drug-likeness (QED) is 0.810. The number of nitrogens with one attached hydrogen (secondary N) is 1. The third-order valence-corrected chi connectivity index (χ3v) is 6.19. The van der Waals surface area contributed by atoms with Crippen LogP contribution in [0.3, 0.4) is 0 Å². The molecule has 9 nitrogen and oxygen atoms in total. The first-order chi connectivity index (χ1) is 12.9. The van der Waals surface area contributed by atoms with E-state index in [2.05, 4.69) is 15.3 Å². The molecular weight excluding hydrogens is 368 g/mol. The van der Waals surface area contributed by atoms with Crippen molar-refractivity contribution >= 4 is 27.8 Å². The second-order valence-electron chi connectivity index (χ2n) is 6.26. The van der Waals surface area contributed by atoms with Gasteiger partial charge in [0.05, 0.1) is 0 Å². The van der Waals surface area contributed by atoms with Gasteiger partial charge in [-0.15, -0.1) is 0 Å². The summed E-state index contributed by atoms with van der Waals surface area (Å²) in [5.41, 5.74) is 1.24. The Morgan fingerprint density at radius 2 is 1.74 bits per heavy atom. The minimum Gasteiger partial charge on any atom is -0.336 e. The highest BCUT2D eigenvalue weighted by atomic mass is 32.2. The van der Waals surface area contributed by atoms with Crippen LogP contribution in [-0.2, 0) is 10.2 Å². The van der Waals surface area contributed by atoms with Crippen molar-refractivity contribution < 1.29 is 13.2 Å². The lowest BCUT2D eigenvalue weighted by Gasteiger charge is -2.35. The van der Waals surface area contributed by atoms with Crippen LogP contribution in [0.2, 0.25) is 0 Å². The van der Waals surface area contributed by atoms with Crippen LogP contribution in [0.4, 0.5) is 11.6 Å². The van der Waals surface area contributed by atoms with Crippen LogP contribution in [0.15, 0.2) is 42.7 Å². The van der Waals surface area contributed by atoms with Crippen molar-refractivity contribution in [2.45, 2.75) is 0 Å². The lowest BCUT2D eigenvalue weighted by molar-refractivity contribution is 0.0695. The van der Waals surface area contributed by atoms with Gasteiger partial charge in [0.2, 0.25) is 5.95 Å². The number of carbonyl (C=O) groups is 1. The Bertz CT molecular complexity index is 896. The van der Waals surface area contributed by atoms with E-state index in [9.17, 15) is 13.2 Å². The summed E-state index contributed by atoms with van der Waals surface area (Å²) in [6.45, 7) is 1.26. The van der Waals surface area contributed by atoms with E-state index in [0.29, 0.717) is 30.3 Å². The molecule has 1 saturated heterocycles. The van der Waals surface area contributed by atoms with Gasteiger partial charge in [-0.05, 0) is 24.3 Å². The molecule has 1 aliphatic rings. The highest BCUT2D eigenvalue weighted by Crippen LogP contribution is 2.17. The molecule has 1 aliphatic heterocycles. The van der Waals surface area contributed by atoms with Gasteiger partial charge < -0.3 is 10.2 Å². The Morgan fingerprint density at radius 3 is 2.37 bits per heavy atom. The number of hydrogen-bond acceptors (Lipinski definition) is 6. The highest BCUT2D eigenvalue weighted by Gasteiger charge is 2.30. The van der Waals surface area contributed by atoms with Gasteiger partial charge in [0, 0.05) is 63.9 Å². The van der Waals surface area contributed by atoms with Crippen molar-refractivity contribution in [2.24, 2.45) is 0 Å². The van der Waals surface area contributed by atoms with Crippen LogP contribution in [0.1, 0.15) is 10.4 Å². The first kappa shape index (κ1) is 19.2. The van der Waals surface area contributed by atoms with E-state index >= 15 is 0 Å². The molecule has 144 valence electrons. The average Bonchev–Trinajstić information content (AvgIpc) is 2.68. The van der Waals surface area contributed by atoms with Gasteiger partial charge >= 0.3 is 0 Å². The van der Waals surface area contributed by atoms with Gasteiger partial charge in [-0.3, -0.25) is 4.79 Å². The van der Waals surface area contributed by atoms with E-state index in [-0.39, 0.29) is 19.0 Å². The van der Waals surface area contributed by atoms with Gasteiger partial charge in [0.15, 0.2) is 0 Å². The second-order valence-corrected chi connectivity index (χ2v) is 8.40. The van der Waals surface area contributed by atoms with Crippen LogP contribution >= 0.6 is 0 Å². The predicted octanol–water partition coefficient (Wildman–Crippen LogP) is 0.784. The summed E-state index contributed by atoms with van der Waals surface area (Å²) in [6, 6.07) is 8.81. The van der Waals surface area contributed by atoms with Crippen LogP contribution in [-0.4, -0.2) is 78.1 Å². The Morgan fingerprint density at radius 1 is 1.07 bits per heavy atom. The molecular formula is C17H22N6O3S. The molecule has 2 aromatic rings. The van der Waals surface area contributed by atoms with E-state index < -0.39 is 10.2 Å². The molecule has 1 aromatic carbocycles. The number of rotatable bonds is 5. The molecule has 0 unspecified atom stereocenters. The largest absolute Gasteiger partial charge is 0.336 e. The maximum atomic E-state index is 12.8. The van der Waals surface area contributed by atoms with E-state index in [0.717, 1.165) is 0 Å². The normalized spacial score (nSPS) is 15.7. The van der Waals surface area contributed by atoms with Crippen LogP contribution < -0.4 is 5.32 Å². The fourth-order valence-electron chi connectivity index (χ4n) is 2.76. The van der Waals surface area contributed by atoms with Gasteiger partial charge in [0.1, 0.15) is 0 Å². The topological polar surface area (TPSA) is 98.7 Å². The number of benzene rings is 1. The number of amides is 1. The first-order valence-corrected chi connectivity index (χ1v) is 9.88. The highest BCUT2D eigenvalue weighted by molar-refractivity contribution is 7.86. The predicted molar refractivity (Wildman–Crippen MR) is 102 cm³/mol. The van der Waals surface area contributed by atoms with Crippen molar-refractivity contribution in [3.63, 3.8) is 0 Å². The molecule has 0 bridgehead atoms. The third kappa shape index (κ3) is 4.41. The molecule has 0 aliphatic carbocycles. The number of hydrogen-bond donors (Lipinski definition) is 1. The lowest BCUT2D eigenvalue weighted by atomic mass is 10.1.